The molecular formula is C12H21N3O2. The Morgan fingerprint density at radius 3 is 3.00 bits per heavy atom. The third kappa shape index (κ3) is 3.19. The number of likely N-dealkylation sites (tertiary alicyclic amines) is 1. The van der Waals surface area contributed by atoms with E-state index < -0.39 is 0 Å². The first kappa shape index (κ1) is 12.4. The predicted molar refractivity (Wildman–Crippen MR) is 64.4 cm³/mol. The number of nitrogens with zero attached hydrogens (tertiary/aromatic N) is 1. The minimum absolute atomic E-state index is 0.0418. The van der Waals surface area contributed by atoms with Crippen LogP contribution in [0.15, 0.2) is 0 Å². The SMILES string of the molecule is CN1CCC(C(=O)NCC2CCCN2)CC1=O. The van der Waals surface area contributed by atoms with Crippen LogP contribution in [0.2, 0.25) is 0 Å². The molecule has 0 aliphatic carbocycles. The number of amides is 2. The summed E-state index contributed by atoms with van der Waals surface area (Å²) < 4.78 is 0. The average Bonchev–Trinajstić information content (AvgIpc) is 2.82. The summed E-state index contributed by atoms with van der Waals surface area (Å²) in [4.78, 5) is 25.1. The molecule has 2 saturated heterocycles. The molecule has 2 heterocycles. The molecule has 2 unspecified atom stereocenters. The first-order chi connectivity index (χ1) is 8.16. The molecule has 2 atom stereocenters. The maximum Gasteiger partial charge on any atom is 0.223 e. The van der Waals surface area contributed by atoms with Gasteiger partial charge in [-0.2, -0.15) is 0 Å². The van der Waals surface area contributed by atoms with Crippen molar-refractivity contribution in [2.45, 2.75) is 31.7 Å². The van der Waals surface area contributed by atoms with Gasteiger partial charge >= 0.3 is 0 Å². The molecule has 96 valence electrons. The van der Waals surface area contributed by atoms with Gasteiger partial charge in [-0.3, -0.25) is 9.59 Å². The van der Waals surface area contributed by atoms with Gasteiger partial charge in [0.2, 0.25) is 11.8 Å². The molecule has 0 aromatic carbocycles. The molecule has 5 nitrogen and oxygen atoms in total. The van der Waals surface area contributed by atoms with Crippen molar-refractivity contribution in [2.75, 3.05) is 26.7 Å². The molecule has 0 bridgehead atoms. The zero-order chi connectivity index (χ0) is 12.3. The maximum absolute atomic E-state index is 11.9. The summed E-state index contributed by atoms with van der Waals surface area (Å²) in [6, 6.07) is 0.418. The normalized spacial score (nSPS) is 29.5. The molecule has 0 radical (unpaired) electrons. The number of carbonyl (C=O) groups is 2. The van der Waals surface area contributed by atoms with Gasteiger partial charge in [0.25, 0.3) is 0 Å². The van der Waals surface area contributed by atoms with E-state index in [1.54, 1.807) is 11.9 Å². The lowest BCUT2D eigenvalue weighted by atomic mass is 9.95. The number of hydrogen-bond acceptors (Lipinski definition) is 3. The van der Waals surface area contributed by atoms with Gasteiger partial charge in [-0.25, -0.2) is 0 Å². The summed E-state index contributed by atoms with van der Waals surface area (Å²) in [5.74, 6) is -0.00403. The molecule has 2 aliphatic heterocycles. The Hall–Kier alpha value is -1.10. The van der Waals surface area contributed by atoms with Crippen LogP contribution in [0.1, 0.15) is 25.7 Å². The van der Waals surface area contributed by atoms with Crippen molar-refractivity contribution in [3.05, 3.63) is 0 Å². The Morgan fingerprint density at radius 2 is 2.35 bits per heavy atom. The fourth-order valence-electron chi connectivity index (χ4n) is 2.47. The molecule has 0 aromatic heterocycles. The smallest absolute Gasteiger partial charge is 0.223 e. The highest BCUT2D eigenvalue weighted by Crippen LogP contribution is 2.17. The standard InChI is InChI=1S/C12H21N3O2/c1-15-6-4-9(7-11(15)16)12(17)14-8-10-3-2-5-13-10/h9-10,13H,2-8H2,1H3,(H,14,17). The Balaban J connectivity index is 1.74. The third-order valence-electron chi connectivity index (χ3n) is 3.72. The van der Waals surface area contributed by atoms with E-state index in [1.807, 2.05) is 0 Å². The van der Waals surface area contributed by atoms with Crippen molar-refractivity contribution >= 4 is 11.8 Å². The van der Waals surface area contributed by atoms with Crippen LogP contribution in [0.4, 0.5) is 0 Å². The van der Waals surface area contributed by atoms with Crippen LogP contribution >= 0.6 is 0 Å². The lowest BCUT2D eigenvalue weighted by molar-refractivity contribution is -0.139. The van der Waals surface area contributed by atoms with E-state index in [4.69, 9.17) is 0 Å². The number of hydrogen-bond donors (Lipinski definition) is 2. The second-order valence-corrected chi connectivity index (χ2v) is 5.04. The fourth-order valence-corrected chi connectivity index (χ4v) is 2.47. The Bertz CT molecular complexity index is 300. The van der Waals surface area contributed by atoms with Crippen molar-refractivity contribution in [1.29, 1.82) is 0 Å². The van der Waals surface area contributed by atoms with E-state index in [1.165, 1.54) is 6.42 Å². The van der Waals surface area contributed by atoms with Crippen molar-refractivity contribution in [3.63, 3.8) is 0 Å². The van der Waals surface area contributed by atoms with E-state index in [0.717, 1.165) is 19.4 Å². The van der Waals surface area contributed by atoms with Crippen LogP contribution < -0.4 is 10.6 Å². The van der Waals surface area contributed by atoms with Crippen molar-refractivity contribution in [2.24, 2.45) is 5.92 Å². The van der Waals surface area contributed by atoms with E-state index in [-0.39, 0.29) is 17.7 Å². The molecule has 17 heavy (non-hydrogen) atoms. The van der Waals surface area contributed by atoms with Crippen LogP contribution in [-0.4, -0.2) is 49.4 Å². The lowest BCUT2D eigenvalue weighted by Crippen LogP contribution is -2.44. The molecule has 0 saturated carbocycles. The first-order valence-corrected chi connectivity index (χ1v) is 6.42. The highest BCUT2D eigenvalue weighted by molar-refractivity contribution is 5.86. The summed E-state index contributed by atoms with van der Waals surface area (Å²) >= 11 is 0. The van der Waals surface area contributed by atoms with Gasteiger partial charge in [0.15, 0.2) is 0 Å². The van der Waals surface area contributed by atoms with Crippen LogP contribution in [0.25, 0.3) is 0 Å². The Kier molecular flexibility index (Phi) is 3.99. The number of rotatable bonds is 3. The van der Waals surface area contributed by atoms with Crippen molar-refractivity contribution in [3.8, 4) is 0 Å². The molecule has 0 spiro atoms. The Morgan fingerprint density at radius 1 is 1.53 bits per heavy atom. The topological polar surface area (TPSA) is 61.4 Å². The third-order valence-corrected chi connectivity index (χ3v) is 3.72. The first-order valence-electron chi connectivity index (χ1n) is 6.42. The largest absolute Gasteiger partial charge is 0.354 e. The van der Waals surface area contributed by atoms with Crippen molar-refractivity contribution in [1.82, 2.24) is 15.5 Å². The quantitative estimate of drug-likeness (QED) is 0.712. The molecule has 0 aromatic rings. The number of carbonyl (C=O) groups excluding carboxylic acids is 2. The fraction of sp³-hybridized carbons (Fsp3) is 0.833. The highest BCUT2D eigenvalue weighted by Gasteiger charge is 2.28. The maximum atomic E-state index is 11.9. The van der Waals surface area contributed by atoms with Gasteiger partial charge in [-0.1, -0.05) is 0 Å². The second kappa shape index (κ2) is 5.49. The molecule has 2 rings (SSSR count). The lowest BCUT2D eigenvalue weighted by Gasteiger charge is -2.28. The molecule has 2 aliphatic rings. The summed E-state index contributed by atoms with van der Waals surface area (Å²) in [6.07, 6.45) is 3.46. The molecular weight excluding hydrogens is 218 g/mol. The minimum Gasteiger partial charge on any atom is -0.354 e. The van der Waals surface area contributed by atoms with Gasteiger partial charge in [-0.15, -0.1) is 0 Å². The summed E-state index contributed by atoms with van der Waals surface area (Å²) in [7, 11) is 1.79. The summed E-state index contributed by atoms with van der Waals surface area (Å²) in [5, 5.41) is 6.30. The van der Waals surface area contributed by atoms with E-state index in [0.29, 0.717) is 25.6 Å². The summed E-state index contributed by atoms with van der Waals surface area (Å²) in [6.45, 7) is 2.44. The predicted octanol–water partition coefficient (Wildman–Crippen LogP) is -0.277. The average molecular weight is 239 g/mol. The monoisotopic (exact) mass is 239 g/mol. The van der Waals surface area contributed by atoms with Gasteiger partial charge in [0.1, 0.15) is 0 Å². The minimum atomic E-state index is -0.125. The van der Waals surface area contributed by atoms with Gasteiger partial charge < -0.3 is 15.5 Å². The number of piperidine rings is 1. The van der Waals surface area contributed by atoms with Crippen molar-refractivity contribution < 1.29 is 9.59 Å². The van der Waals surface area contributed by atoms with E-state index in [2.05, 4.69) is 10.6 Å². The molecule has 5 heteroatoms. The Labute approximate surface area is 102 Å². The molecule has 2 fully saturated rings. The van der Waals surface area contributed by atoms with Gasteiger partial charge in [-0.05, 0) is 25.8 Å². The van der Waals surface area contributed by atoms with Crippen LogP contribution in [0.5, 0.6) is 0 Å². The second-order valence-electron chi connectivity index (χ2n) is 5.04. The summed E-state index contributed by atoms with van der Waals surface area (Å²) in [5.41, 5.74) is 0. The van der Waals surface area contributed by atoms with E-state index in [9.17, 15) is 9.59 Å². The van der Waals surface area contributed by atoms with Crippen LogP contribution in [-0.2, 0) is 9.59 Å². The zero-order valence-electron chi connectivity index (χ0n) is 10.4. The highest BCUT2D eigenvalue weighted by atomic mass is 16.2. The van der Waals surface area contributed by atoms with E-state index >= 15 is 0 Å². The van der Waals surface area contributed by atoms with Gasteiger partial charge in [0.05, 0.1) is 0 Å². The zero-order valence-corrected chi connectivity index (χ0v) is 10.4. The molecule has 2 amide bonds. The van der Waals surface area contributed by atoms with Gasteiger partial charge in [0, 0.05) is 38.5 Å². The van der Waals surface area contributed by atoms with Crippen LogP contribution in [0, 0.1) is 5.92 Å². The number of nitrogens with one attached hydrogen (secondary N) is 2. The molecule has 2 N–H and O–H groups in total. The van der Waals surface area contributed by atoms with Crippen LogP contribution in [0.3, 0.4) is 0 Å².